The summed E-state index contributed by atoms with van der Waals surface area (Å²) in [5.74, 6) is -0.0268. The predicted molar refractivity (Wildman–Crippen MR) is 89.8 cm³/mol. The predicted octanol–water partition coefficient (Wildman–Crippen LogP) is 2.80. The number of aliphatic hydroxyl groups is 1. The number of allylic oxidation sites excluding steroid dienone is 1. The van der Waals surface area contributed by atoms with Crippen LogP contribution in [0.3, 0.4) is 0 Å². The fourth-order valence-electron chi connectivity index (χ4n) is 2.52. The summed E-state index contributed by atoms with van der Waals surface area (Å²) >= 11 is 0. The minimum absolute atomic E-state index is 0.0268. The molecule has 0 spiro atoms. The lowest BCUT2D eigenvalue weighted by Crippen LogP contribution is -2.39. The quantitative estimate of drug-likeness (QED) is 0.440. The van der Waals surface area contributed by atoms with Crippen LogP contribution in [-0.2, 0) is 4.79 Å². The van der Waals surface area contributed by atoms with Crippen molar-refractivity contribution >= 4 is 18.2 Å². The van der Waals surface area contributed by atoms with Crippen molar-refractivity contribution in [3.63, 3.8) is 0 Å². The van der Waals surface area contributed by atoms with Crippen LogP contribution >= 0.6 is 0 Å². The first-order chi connectivity index (χ1) is 10.5. The van der Waals surface area contributed by atoms with Gasteiger partial charge in [-0.2, -0.15) is 0 Å². The molecule has 0 saturated heterocycles. The molecule has 0 aliphatic heterocycles. The van der Waals surface area contributed by atoms with Crippen LogP contribution in [0.4, 0.5) is 5.69 Å². The summed E-state index contributed by atoms with van der Waals surface area (Å²) in [6.45, 7) is 7.90. The lowest BCUT2D eigenvalue weighted by atomic mass is 9.93. The number of rotatable bonds is 8. The van der Waals surface area contributed by atoms with Crippen molar-refractivity contribution in [3.05, 3.63) is 29.3 Å². The minimum Gasteiger partial charge on any atom is -0.506 e. The van der Waals surface area contributed by atoms with Crippen molar-refractivity contribution in [1.82, 2.24) is 5.32 Å². The molecule has 0 aliphatic rings. The van der Waals surface area contributed by atoms with Crippen LogP contribution in [-0.4, -0.2) is 28.7 Å². The monoisotopic (exact) mass is 306 g/mol. The Hall–Kier alpha value is -1.85. The molecular formula is C17H26N2O3. The molecule has 0 aromatic heterocycles. The highest BCUT2D eigenvalue weighted by Gasteiger charge is 2.24. The summed E-state index contributed by atoms with van der Waals surface area (Å²) in [5.41, 5.74) is 1.59. The molecule has 2 atom stereocenters. The van der Waals surface area contributed by atoms with E-state index in [1.165, 1.54) is 6.07 Å². The van der Waals surface area contributed by atoms with Gasteiger partial charge in [0.05, 0.1) is 11.8 Å². The summed E-state index contributed by atoms with van der Waals surface area (Å²) in [6, 6.07) is 3.31. The number of hydrogen-bond donors (Lipinski definition) is 4. The van der Waals surface area contributed by atoms with E-state index in [1.54, 1.807) is 18.2 Å². The van der Waals surface area contributed by atoms with Crippen LogP contribution in [0.1, 0.15) is 51.3 Å². The van der Waals surface area contributed by atoms with Gasteiger partial charge in [-0.15, -0.1) is 0 Å². The van der Waals surface area contributed by atoms with Gasteiger partial charge in [-0.05, 0) is 25.0 Å². The summed E-state index contributed by atoms with van der Waals surface area (Å²) in [6.07, 6.45) is 4.10. The molecule has 0 bridgehead atoms. The van der Waals surface area contributed by atoms with Gasteiger partial charge in [0.25, 0.3) is 0 Å². The van der Waals surface area contributed by atoms with Gasteiger partial charge in [-0.3, -0.25) is 4.79 Å². The lowest BCUT2D eigenvalue weighted by Gasteiger charge is -2.27. The van der Waals surface area contributed by atoms with Crippen molar-refractivity contribution in [2.24, 2.45) is 0 Å². The second kappa shape index (κ2) is 8.56. The molecule has 22 heavy (non-hydrogen) atoms. The summed E-state index contributed by atoms with van der Waals surface area (Å²) < 4.78 is 0. The van der Waals surface area contributed by atoms with E-state index in [-0.39, 0.29) is 17.8 Å². The second-order valence-corrected chi connectivity index (χ2v) is 5.51. The maximum atomic E-state index is 10.8. The zero-order chi connectivity index (χ0) is 16.7. The Balaban J connectivity index is 3.32. The maximum Gasteiger partial charge on any atom is 0.211 e. The van der Waals surface area contributed by atoms with Gasteiger partial charge < -0.3 is 20.8 Å². The molecular weight excluding hydrogens is 280 g/mol. The van der Waals surface area contributed by atoms with E-state index < -0.39 is 6.10 Å². The Bertz CT molecular complexity index is 527. The van der Waals surface area contributed by atoms with E-state index in [9.17, 15) is 15.0 Å². The third-order valence-electron chi connectivity index (χ3n) is 3.48. The highest BCUT2D eigenvalue weighted by molar-refractivity contribution is 5.84. The lowest BCUT2D eigenvalue weighted by molar-refractivity contribution is -0.105. The van der Waals surface area contributed by atoms with E-state index in [4.69, 9.17) is 0 Å². The van der Waals surface area contributed by atoms with Gasteiger partial charge in [-0.1, -0.05) is 39.0 Å². The normalized spacial score (nSPS) is 14.3. The number of aliphatic hydroxyl groups excluding tert-OH is 1. The molecule has 4 N–H and O–H groups in total. The number of benzene rings is 1. The molecule has 1 aromatic rings. The van der Waals surface area contributed by atoms with Gasteiger partial charge in [0.2, 0.25) is 6.41 Å². The van der Waals surface area contributed by atoms with Crippen molar-refractivity contribution < 1.29 is 15.0 Å². The van der Waals surface area contributed by atoms with Crippen LogP contribution < -0.4 is 10.6 Å². The molecule has 0 radical (unpaired) electrons. The van der Waals surface area contributed by atoms with Crippen molar-refractivity contribution in [2.45, 2.75) is 52.3 Å². The van der Waals surface area contributed by atoms with Gasteiger partial charge in [0, 0.05) is 17.6 Å². The standard InChI is InChI=1S/C17H26N2O3/c1-5-7-12-13(8-9-15(21)16(12)18-10-20)17(22)14(6-2)19-11(3)4/h5,7-11,14,17,19,21-22H,6H2,1-4H3,(H,18,20)/b7-5-/t14-,17+/m1/s1. The SMILES string of the molecule is C/C=C\c1c([C@H](O)[C@@H](CC)NC(C)C)ccc(O)c1NC=O. The van der Waals surface area contributed by atoms with Gasteiger partial charge >= 0.3 is 0 Å². The van der Waals surface area contributed by atoms with Gasteiger partial charge in [-0.25, -0.2) is 0 Å². The number of hydrogen-bond acceptors (Lipinski definition) is 4. The fraction of sp³-hybridized carbons (Fsp3) is 0.471. The Kier molecular flexibility index (Phi) is 7.08. The van der Waals surface area contributed by atoms with E-state index in [1.807, 2.05) is 27.7 Å². The van der Waals surface area contributed by atoms with Crippen LogP contribution in [0.25, 0.3) is 6.08 Å². The molecule has 1 rings (SSSR count). The average Bonchev–Trinajstić information content (AvgIpc) is 2.48. The third kappa shape index (κ3) is 4.32. The molecule has 1 amide bonds. The molecule has 0 saturated carbocycles. The third-order valence-corrected chi connectivity index (χ3v) is 3.48. The molecule has 0 unspecified atom stereocenters. The van der Waals surface area contributed by atoms with Crippen molar-refractivity contribution in [3.8, 4) is 5.75 Å². The summed E-state index contributed by atoms with van der Waals surface area (Å²) in [4.78, 5) is 10.8. The Labute approximate surface area is 132 Å². The van der Waals surface area contributed by atoms with Crippen LogP contribution in [0.5, 0.6) is 5.75 Å². The highest BCUT2D eigenvalue weighted by atomic mass is 16.3. The number of phenolic OH excluding ortho intramolecular Hbond substituents is 1. The van der Waals surface area contributed by atoms with Gasteiger partial charge in [0.15, 0.2) is 0 Å². The summed E-state index contributed by atoms with van der Waals surface area (Å²) in [7, 11) is 0. The number of nitrogens with one attached hydrogen (secondary N) is 2. The van der Waals surface area contributed by atoms with Crippen LogP contribution in [0.2, 0.25) is 0 Å². The molecule has 5 heteroatoms. The number of carbonyl (C=O) groups excluding carboxylic acids is 1. The number of amides is 1. The van der Waals surface area contributed by atoms with Crippen molar-refractivity contribution in [2.75, 3.05) is 5.32 Å². The molecule has 0 heterocycles. The number of aromatic hydroxyl groups is 1. The van der Waals surface area contributed by atoms with Crippen LogP contribution in [0, 0.1) is 0 Å². The Morgan fingerprint density at radius 1 is 1.32 bits per heavy atom. The fourth-order valence-corrected chi connectivity index (χ4v) is 2.52. The zero-order valence-corrected chi connectivity index (χ0v) is 13.6. The van der Waals surface area contributed by atoms with E-state index >= 15 is 0 Å². The van der Waals surface area contributed by atoms with Crippen molar-refractivity contribution in [1.29, 1.82) is 0 Å². The smallest absolute Gasteiger partial charge is 0.211 e. The van der Waals surface area contributed by atoms with Gasteiger partial charge in [0.1, 0.15) is 5.75 Å². The van der Waals surface area contributed by atoms with E-state index in [0.29, 0.717) is 23.2 Å². The van der Waals surface area contributed by atoms with Crippen LogP contribution in [0.15, 0.2) is 18.2 Å². The molecule has 5 nitrogen and oxygen atoms in total. The zero-order valence-electron chi connectivity index (χ0n) is 13.6. The number of anilines is 1. The molecule has 1 aromatic carbocycles. The van der Waals surface area contributed by atoms with E-state index in [2.05, 4.69) is 10.6 Å². The molecule has 0 fully saturated rings. The molecule has 0 aliphatic carbocycles. The Morgan fingerprint density at radius 2 is 2.00 bits per heavy atom. The topological polar surface area (TPSA) is 81.6 Å². The maximum absolute atomic E-state index is 10.8. The van der Waals surface area contributed by atoms with E-state index in [0.717, 1.165) is 6.42 Å². The highest BCUT2D eigenvalue weighted by Crippen LogP contribution is 2.35. The second-order valence-electron chi connectivity index (χ2n) is 5.51. The molecule has 122 valence electrons. The Morgan fingerprint density at radius 3 is 2.50 bits per heavy atom. The first-order valence-electron chi connectivity index (χ1n) is 7.59. The number of phenols is 1. The average molecular weight is 306 g/mol. The minimum atomic E-state index is -0.744. The largest absolute Gasteiger partial charge is 0.506 e. The summed E-state index contributed by atoms with van der Waals surface area (Å²) in [5, 5.41) is 26.5. The first-order valence-corrected chi connectivity index (χ1v) is 7.59. The first kappa shape index (κ1) is 18.2. The number of carbonyl (C=O) groups is 1.